The van der Waals surface area contributed by atoms with Gasteiger partial charge in [-0.1, -0.05) is 0 Å². The van der Waals surface area contributed by atoms with E-state index >= 15 is 0 Å². The van der Waals surface area contributed by atoms with Crippen LogP contribution in [0.3, 0.4) is 0 Å². The summed E-state index contributed by atoms with van der Waals surface area (Å²) in [6, 6.07) is 2.11. The van der Waals surface area contributed by atoms with Crippen LogP contribution in [0.1, 0.15) is 39.7 Å². The third-order valence-electron chi connectivity index (χ3n) is 4.73. The number of rotatable bonds is 3. The van der Waals surface area contributed by atoms with Crippen molar-refractivity contribution in [1.82, 2.24) is 9.97 Å². The topological polar surface area (TPSA) is 64.5 Å². The fraction of sp³-hybridized carbons (Fsp3) is 0.421. The molecular weight excluding hydrogens is 382 g/mol. The molecule has 0 aliphatic carbocycles. The van der Waals surface area contributed by atoms with Crippen LogP contribution in [-0.2, 0) is 9.47 Å². The number of anilines is 1. The quantitative estimate of drug-likeness (QED) is 0.613. The summed E-state index contributed by atoms with van der Waals surface area (Å²) in [5.74, 6) is 1.24. The molecule has 1 saturated heterocycles. The predicted octanol–water partition coefficient (Wildman–Crippen LogP) is 4.12. The summed E-state index contributed by atoms with van der Waals surface area (Å²) in [7, 11) is 1.40. The predicted molar refractivity (Wildman–Crippen MR) is 108 cm³/mol. The van der Waals surface area contributed by atoms with Gasteiger partial charge in [-0.05, 0) is 48.7 Å². The summed E-state index contributed by atoms with van der Waals surface area (Å²) >= 11 is 3.04. The number of carbonyl (C=O) groups is 1. The highest BCUT2D eigenvalue weighted by molar-refractivity contribution is 7.20. The van der Waals surface area contributed by atoms with E-state index < -0.39 is 0 Å². The van der Waals surface area contributed by atoms with Gasteiger partial charge >= 0.3 is 5.97 Å². The van der Waals surface area contributed by atoms with Crippen molar-refractivity contribution in [3.63, 3.8) is 0 Å². The largest absolute Gasteiger partial charge is 0.465 e. The molecule has 0 N–H and O–H groups in total. The minimum Gasteiger partial charge on any atom is -0.465 e. The Labute approximate surface area is 165 Å². The number of methoxy groups -OCH3 is 1. The van der Waals surface area contributed by atoms with Crippen molar-refractivity contribution in [1.29, 1.82) is 0 Å². The Morgan fingerprint density at radius 1 is 1.33 bits per heavy atom. The molecule has 0 spiro atoms. The third kappa shape index (κ3) is 3.33. The molecule has 27 heavy (non-hydrogen) atoms. The Kier molecular flexibility index (Phi) is 4.88. The number of esters is 1. The molecule has 0 radical (unpaired) electrons. The third-order valence-corrected chi connectivity index (χ3v) is 6.60. The van der Waals surface area contributed by atoms with Crippen LogP contribution in [0, 0.1) is 13.8 Å². The van der Waals surface area contributed by atoms with Crippen molar-refractivity contribution in [2.24, 2.45) is 0 Å². The number of carbonyl (C=O) groups excluding carboxylic acids is 1. The number of nitrogens with zero attached hydrogens (tertiary/aromatic N) is 3. The molecule has 0 amide bonds. The molecule has 1 aliphatic rings. The molecule has 142 valence electrons. The molecule has 2 unspecified atom stereocenters. The summed E-state index contributed by atoms with van der Waals surface area (Å²) in [5, 5.41) is 5.14. The molecule has 6 nitrogen and oxygen atoms in total. The summed E-state index contributed by atoms with van der Waals surface area (Å²) in [5.41, 5.74) is 2.07. The van der Waals surface area contributed by atoms with Crippen LogP contribution in [-0.4, -0.2) is 42.2 Å². The van der Waals surface area contributed by atoms with Crippen LogP contribution in [0.5, 0.6) is 0 Å². The van der Waals surface area contributed by atoms with Gasteiger partial charge in [-0.25, -0.2) is 14.8 Å². The number of aromatic nitrogens is 2. The van der Waals surface area contributed by atoms with E-state index in [1.165, 1.54) is 24.0 Å². The van der Waals surface area contributed by atoms with Gasteiger partial charge in [0.25, 0.3) is 0 Å². The maximum absolute atomic E-state index is 12.1. The number of hydrogen-bond acceptors (Lipinski definition) is 8. The number of aryl methyl sites for hydroxylation is 2. The van der Waals surface area contributed by atoms with Gasteiger partial charge in [0, 0.05) is 13.1 Å². The van der Waals surface area contributed by atoms with Crippen molar-refractivity contribution in [2.45, 2.75) is 33.0 Å². The highest BCUT2D eigenvalue weighted by Crippen LogP contribution is 2.38. The fourth-order valence-corrected chi connectivity index (χ4v) is 5.35. The summed E-state index contributed by atoms with van der Waals surface area (Å²) in [6.07, 6.45) is 0.0809. The van der Waals surface area contributed by atoms with Gasteiger partial charge in [0.05, 0.1) is 18.6 Å². The lowest BCUT2D eigenvalue weighted by Gasteiger charge is -2.37. The van der Waals surface area contributed by atoms with E-state index in [1.54, 1.807) is 11.3 Å². The van der Waals surface area contributed by atoms with E-state index in [9.17, 15) is 4.79 Å². The standard InChI is InChI=1S/C19H21N3O3S2/c1-10-7-22(8-14(25-10)13-5-6-26-9-13)17-15-11(2)16(19(23)24-4)27-18(15)21-12(3)20-17/h5-6,9-10,14H,7-8H2,1-4H3. The van der Waals surface area contributed by atoms with Crippen molar-refractivity contribution in [3.8, 4) is 0 Å². The van der Waals surface area contributed by atoms with Crippen LogP contribution >= 0.6 is 22.7 Å². The van der Waals surface area contributed by atoms with Gasteiger partial charge in [-0.3, -0.25) is 0 Å². The van der Waals surface area contributed by atoms with E-state index in [4.69, 9.17) is 14.5 Å². The second-order valence-corrected chi connectivity index (χ2v) is 8.50. The molecule has 2 atom stereocenters. The van der Waals surface area contributed by atoms with E-state index in [1.807, 2.05) is 13.8 Å². The Morgan fingerprint density at radius 2 is 2.15 bits per heavy atom. The second kappa shape index (κ2) is 7.18. The lowest BCUT2D eigenvalue weighted by atomic mass is 10.1. The van der Waals surface area contributed by atoms with Crippen LogP contribution < -0.4 is 4.90 Å². The minimum atomic E-state index is -0.328. The molecule has 4 heterocycles. The number of morpholine rings is 1. The average molecular weight is 404 g/mol. The van der Waals surface area contributed by atoms with Crippen molar-refractivity contribution in [3.05, 3.63) is 38.7 Å². The molecule has 1 aliphatic heterocycles. The molecular formula is C19H21N3O3S2. The lowest BCUT2D eigenvalue weighted by molar-refractivity contribution is -0.0173. The summed E-state index contributed by atoms with van der Waals surface area (Å²) in [4.78, 5) is 25.1. The Bertz CT molecular complexity index is 984. The normalized spacial score (nSPS) is 20.2. The van der Waals surface area contributed by atoms with E-state index in [0.29, 0.717) is 10.7 Å². The Morgan fingerprint density at radius 3 is 2.85 bits per heavy atom. The van der Waals surface area contributed by atoms with Crippen molar-refractivity contribution >= 4 is 44.7 Å². The zero-order chi connectivity index (χ0) is 19.1. The molecule has 0 aromatic carbocycles. The molecule has 4 rings (SSSR count). The number of hydrogen-bond donors (Lipinski definition) is 0. The van der Waals surface area contributed by atoms with Gasteiger partial charge in [0.1, 0.15) is 27.5 Å². The molecule has 0 bridgehead atoms. The summed E-state index contributed by atoms with van der Waals surface area (Å²) in [6.45, 7) is 7.37. The first-order chi connectivity index (χ1) is 13.0. The number of thiophene rings is 2. The first kappa shape index (κ1) is 18.3. The van der Waals surface area contributed by atoms with E-state index in [0.717, 1.165) is 34.7 Å². The molecule has 1 fully saturated rings. The first-order valence-electron chi connectivity index (χ1n) is 8.76. The average Bonchev–Trinajstić information content (AvgIpc) is 3.28. The van der Waals surface area contributed by atoms with Crippen LogP contribution in [0.2, 0.25) is 0 Å². The van der Waals surface area contributed by atoms with Gasteiger partial charge in [-0.2, -0.15) is 11.3 Å². The number of ether oxygens (including phenoxy) is 2. The maximum Gasteiger partial charge on any atom is 0.348 e. The van der Waals surface area contributed by atoms with Crippen molar-refractivity contribution < 1.29 is 14.3 Å². The van der Waals surface area contributed by atoms with E-state index in [-0.39, 0.29) is 18.2 Å². The maximum atomic E-state index is 12.1. The van der Waals surface area contributed by atoms with Crippen LogP contribution in [0.25, 0.3) is 10.2 Å². The first-order valence-corrected chi connectivity index (χ1v) is 10.5. The van der Waals surface area contributed by atoms with Gasteiger partial charge in [-0.15, -0.1) is 11.3 Å². The number of fused-ring (bicyclic) bond motifs is 1. The zero-order valence-electron chi connectivity index (χ0n) is 15.7. The lowest BCUT2D eigenvalue weighted by Crippen LogP contribution is -2.43. The van der Waals surface area contributed by atoms with Crippen LogP contribution in [0.15, 0.2) is 16.8 Å². The smallest absolute Gasteiger partial charge is 0.348 e. The zero-order valence-corrected chi connectivity index (χ0v) is 17.3. The van der Waals surface area contributed by atoms with Crippen LogP contribution in [0.4, 0.5) is 5.82 Å². The SMILES string of the molecule is COC(=O)c1sc2nc(C)nc(N3CC(C)OC(c4ccsc4)C3)c2c1C. The fourth-order valence-electron chi connectivity index (χ4n) is 3.50. The molecule has 3 aromatic rings. The highest BCUT2D eigenvalue weighted by atomic mass is 32.1. The second-order valence-electron chi connectivity index (χ2n) is 6.72. The van der Waals surface area contributed by atoms with Gasteiger partial charge in [0.15, 0.2) is 0 Å². The summed E-state index contributed by atoms with van der Waals surface area (Å²) < 4.78 is 11.1. The highest BCUT2D eigenvalue weighted by Gasteiger charge is 2.30. The molecule has 8 heteroatoms. The van der Waals surface area contributed by atoms with Gasteiger partial charge < -0.3 is 14.4 Å². The molecule has 0 saturated carbocycles. The minimum absolute atomic E-state index is 0.00402. The monoisotopic (exact) mass is 403 g/mol. The Hall–Kier alpha value is -2.03. The molecule has 3 aromatic heterocycles. The van der Waals surface area contributed by atoms with E-state index in [2.05, 4.69) is 33.6 Å². The van der Waals surface area contributed by atoms with Crippen molar-refractivity contribution in [2.75, 3.05) is 25.1 Å². The van der Waals surface area contributed by atoms with Gasteiger partial charge in [0.2, 0.25) is 0 Å². The Balaban J connectivity index is 1.80.